The first-order chi connectivity index (χ1) is 14.0. The molecule has 0 saturated carbocycles. The van der Waals surface area contributed by atoms with Gasteiger partial charge in [0.2, 0.25) is 0 Å². The Labute approximate surface area is 175 Å². The molecule has 0 N–H and O–H groups in total. The van der Waals surface area contributed by atoms with Gasteiger partial charge in [-0.05, 0) is 57.1 Å². The molecule has 7 heteroatoms. The standard InChI is InChI=1S/C22H25ClN4O2/c1-4-13-26-22(28)27(21(25-26)17-11-12-24-15-18(23)14-17)19-7-5-6-8-20(10-9-19)29-16(2)3/h5,8-12,15-16H,4,6,13-14H2,1-3H3/b10-9-,20-8+. The molecule has 152 valence electrons. The van der Waals surface area contributed by atoms with Crippen molar-refractivity contribution in [2.45, 2.75) is 52.7 Å². The van der Waals surface area contributed by atoms with Gasteiger partial charge in [0.15, 0.2) is 5.82 Å². The van der Waals surface area contributed by atoms with Crippen LogP contribution in [0.5, 0.6) is 0 Å². The molecule has 1 aliphatic heterocycles. The summed E-state index contributed by atoms with van der Waals surface area (Å²) in [5.41, 5.74) is 4.43. The molecule has 0 amide bonds. The van der Waals surface area contributed by atoms with E-state index >= 15 is 0 Å². The van der Waals surface area contributed by atoms with Crippen molar-refractivity contribution in [3.8, 4) is 0 Å². The zero-order valence-electron chi connectivity index (χ0n) is 16.9. The Morgan fingerprint density at radius 2 is 2.17 bits per heavy atom. The number of ether oxygens (including phenoxy) is 1. The van der Waals surface area contributed by atoms with E-state index in [1.165, 1.54) is 4.68 Å². The zero-order valence-corrected chi connectivity index (χ0v) is 17.7. The van der Waals surface area contributed by atoms with Crippen LogP contribution in [0.15, 0.2) is 62.9 Å². The third-order valence-electron chi connectivity index (χ3n) is 4.20. The first kappa shape index (κ1) is 20.9. The normalized spacial score (nSPS) is 19.5. The molecule has 0 bridgehead atoms. The number of aliphatic imine (C=N–C) groups is 1. The molecule has 2 heterocycles. The smallest absolute Gasteiger partial charge is 0.351 e. The fourth-order valence-electron chi connectivity index (χ4n) is 3.00. The maximum absolute atomic E-state index is 13.1. The Kier molecular flexibility index (Phi) is 6.91. The van der Waals surface area contributed by atoms with Gasteiger partial charge in [0.05, 0.1) is 11.8 Å². The molecule has 0 fully saturated rings. The maximum atomic E-state index is 13.1. The van der Waals surface area contributed by atoms with Crippen LogP contribution in [-0.4, -0.2) is 26.7 Å². The highest BCUT2D eigenvalue weighted by molar-refractivity contribution is 6.30. The summed E-state index contributed by atoms with van der Waals surface area (Å²) in [6.45, 7) is 6.51. The Morgan fingerprint density at radius 1 is 1.34 bits per heavy atom. The average molecular weight is 413 g/mol. The molecule has 3 rings (SSSR count). The lowest BCUT2D eigenvalue weighted by atomic mass is 10.1. The first-order valence-electron chi connectivity index (χ1n) is 9.77. The van der Waals surface area contributed by atoms with E-state index in [-0.39, 0.29) is 11.8 Å². The Morgan fingerprint density at radius 3 is 2.93 bits per heavy atom. The molecule has 0 spiro atoms. The predicted molar refractivity (Wildman–Crippen MR) is 118 cm³/mol. The van der Waals surface area contributed by atoms with Crippen LogP contribution in [0, 0.1) is 0 Å². The highest BCUT2D eigenvalue weighted by Crippen LogP contribution is 2.26. The van der Waals surface area contributed by atoms with E-state index in [0.29, 0.717) is 35.9 Å². The molecule has 1 aliphatic carbocycles. The second kappa shape index (κ2) is 9.59. The maximum Gasteiger partial charge on any atom is 0.351 e. The van der Waals surface area contributed by atoms with Crippen LogP contribution >= 0.6 is 11.6 Å². The van der Waals surface area contributed by atoms with Crippen molar-refractivity contribution < 1.29 is 4.74 Å². The zero-order chi connectivity index (χ0) is 20.8. The van der Waals surface area contributed by atoms with Crippen molar-refractivity contribution in [2.24, 2.45) is 4.99 Å². The molecule has 0 saturated heterocycles. The Balaban J connectivity index is 2.10. The first-order valence-corrected chi connectivity index (χ1v) is 10.1. The summed E-state index contributed by atoms with van der Waals surface area (Å²) in [4.78, 5) is 17.3. The second-order valence-corrected chi connectivity index (χ2v) is 7.47. The third kappa shape index (κ3) is 5.17. The Hall–Kier alpha value is -2.82. The largest absolute Gasteiger partial charge is 0.491 e. The average Bonchev–Trinajstić information content (AvgIpc) is 2.83. The highest BCUT2D eigenvalue weighted by Gasteiger charge is 2.20. The molecule has 1 aromatic rings. The summed E-state index contributed by atoms with van der Waals surface area (Å²) in [6, 6.07) is 0. The van der Waals surface area contributed by atoms with E-state index in [4.69, 9.17) is 16.3 Å². The topological polar surface area (TPSA) is 61.4 Å². The molecule has 0 radical (unpaired) electrons. The summed E-state index contributed by atoms with van der Waals surface area (Å²) in [5.74, 6) is 1.30. The fourth-order valence-corrected chi connectivity index (χ4v) is 3.20. The fraction of sp³-hybridized carbons (Fsp3) is 0.364. The summed E-state index contributed by atoms with van der Waals surface area (Å²) in [7, 11) is 0. The van der Waals surface area contributed by atoms with Crippen LogP contribution in [0.3, 0.4) is 0 Å². The number of hydrogen-bond donors (Lipinski definition) is 0. The van der Waals surface area contributed by atoms with E-state index in [1.807, 2.05) is 51.2 Å². The minimum Gasteiger partial charge on any atom is -0.491 e. The van der Waals surface area contributed by atoms with Crippen LogP contribution in [0.25, 0.3) is 11.3 Å². The van der Waals surface area contributed by atoms with E-state index < -0.39 is 0 Å². The number of halogens is 1. The molecule has 1 aromatic heterocycles. The van der Waals surface area contributed by atoms with Crippen LogP contribution in [0.1, 0.15) is 45.9 Å². The van der Waals surface area contributed by atoms with Crippen molar-refractivity contribution in [1.29, 1.82) is 0 Å². The SMILES string of the molecule is CCCn1nc(C2=CC=NC=C(Cl)C2)n(C2=C=CC/C=C(OC(C)C)\C=C/2)c1=O. The minimum absolute atomic E-state index is 0.0664. The molecular formula is C22H25ClN4O2. The summed E-state index contributed by atoms with van der Waals surface area (Å²) < 4.78 is 8.88. The minimum atomic E-state index is -0.208. The molecule has 2 aliphatic rings. The van der Waals surface area contributed by atoms with Crippen LogP contribution in [0.2, 0.25) is 0 Å². The molecule has 0 atom stereocenters. The molecule has 6 nitrogen and oxygen atoms in total. The predicted octanol–water partition coefficient (Wildman–Crippen LogP) is 4.66. The van der Waals surface area contributed by atoms with Gasteiger partial charge in [0.25, 0.3) is 0 Å². The van der Waals surface area contributed by atoms with Crippen molar-refractivity contribution >= 4 is 29.1 Å². The van der Waals surface area contributed by atoms with E-state index in [1.54, 1.807) is 17.0 Å². The van der Waals surface area contributed by atoms with E-state index in [9.17, 15) is 4.79 Å². The lowest BCUT2D eigenvalue weighted by Crippen LogP contribution is -2.24. The van der Waals surface area contributed by atoms with Gasteiger partial charge in [-0.15, -0.1) is 5.10 Å². The number of hydrogen-bond acceptors (Lipinski definition) is 4. The molecule has 29 heavy (non-hydrogen) atoms. The van der Waals surface area contributed by atoms with Crippen molar-refractivity contribution in [3.05, 3.63) is 69.4 Å². The number of rotatable bonds is 6. The van der Waals surface area contributed by atoms with Crippen molar-refractivity contribution in [1.82, 2.24) is 14.3 Å². The molecule has 0 aromatic carbocycles. The van der Waals surface area contributed by atoms with Gasteiger partial charge in [-0.3, -0.25) is 4.99 Å². The third-order valence-corrected chi connectivity index (χ3v) is 4.43. The second-order valence-electron chi connectivity index (χ2n) is 6.98. The van der Waals surface area contributed by atoms with Crippen LogP contribution in [0.4, 0.5) is 0 Å². The monoisotopic (exact) mass is 412 g/mol. The van der Waals surface area contributed by atoms with Crippen LogP contribution < -0.4 is 5.69 Å². The van der Waals surface area contributed by atoms with Gasteiger partial charge in [0.1, 0.15) is 5.76 Å². The van der Waals surface area contributed by atoms with Crippen molar-refractivity contribution in [2.75, 3.05) is 0 Å². The quantitative estimate of drug-likeness (QED) is 0.638. The number of nitrogens with zero attached hydrogens (tertiary/aromatic N) is 4. The van der Waals surface area contributed by atoms with Crippen molar-refractivity contribution in [3.63, 3.8) is 0 Å². The van der Waals surface area contributed by atoms with E-state index in [2.05, 4.69) is 15.8 Å². The van der Waals surface area contributed by atoms with Gasteiger partial charge < -0.3 is 4.74 Å². The van der Waals surface area contributed by atoms with Gasteiger partial charge in [-0.1, -0.05) is 24.3 Å². The van der Waals surface area contributed by atoms with Gasteiger partial charge in [0, 0.05) is 36.0 Å². The van der Waals surface area contributed by atoms with Gasteiger partial charge >= 0.3 is 5.69 Å². The number of aromatic nitrogens is 3. The van der Waals surface area contributed by atoms with Gasteiger partial charge in [-0.2, -0.15) is 0 Å². The van der Waals surface area contributed by atoms with Gasteiger partial charge in [-0.25, -0.2) is 14.0 Å². The lowest BCUT2D eigenvalue weighted by Gasteiger charge is -2.12. The Bertz CT molecular complexity index is 1040. The number of aryl methyl sites for hydroxylation is 1. The van der Waals surface area contributed by atoms with E-state index in [0.717, 1.165) is 17.8 Å². The summed E-state index contributed by atoms with van der Waals surface area (Å²) in [6.07, 6.45) is 14.6. The summed E-state index contributed by atoms with van der Waals surface area (Å²) in [5, 5.41) is 5.18. The summed E-state index contributed by atoms with van der Waals surface area (Å²) >= 11 is 6.24. The molecular weight excluding hydrogens is 388 g/mol. The van der Waals surface area contributed by atoms with Crippen LogP contribution in [-0.2, 0) is 11.3 Å². The highest BCUT2D eigenvalue weighted by atomic mass is 35.5. The molecule has 0 unspecified atom stereocenters. The lowest BCUT2D eigenvalue weighted by molar-refractivity contribution is 0.157. The number of allylic oxidation sites excluding steroid dienone is 7.